The van der Waals surface area contributed by atoms with Crippen molar-refractivity contribution in [1.29, 1.82) is 0 Å². The number of benzene rings is 1. The summed E-state index contributed by atoms with van der Waals surface area (Å²) < 4.78 is 27.2. The lowest BCUT2D eigenvalue weighted by atomic mass is 9.94. The Morgan fingerprint density at radius 3 is 2.23 bits per heavy atom. The SMILES string of the molecule is CC(=O)NCCC(=O)Nc1ccc(S(=O)(=O)N2C[C@@H](C)C[C@H](C)C2)cc1. The van der Waals surface area contributed by atoms with Crippen molar-refractivity contribution in [1.82, 2.24) is 9.62 Å². The van der Waals surface area contributed by atoms with E-state index in [9.17, 15) is 18.0 Å². The Bertz CT molecular complexity index is 736. The van der Waals surface area contributed by atoms with Crippen molar-refractivity contribution < 1.29 is 18.0 Å². The molecule has 1 aromatic rings. The zero-order valence-corrected chi connectivity index (χ0v) is 16.3. The summed E-state index contributed by atoms with van der Waals surface area (Å²) in [5.74, 6) is 0.258. The molecule has 144 valence electrons. The van der Waals surface area contributed by atoms with E-state index in [0.717, 1.165) is 6.42 Å². The van der Waals surface area contributed by atoms with Crippen molar-refractivity contribution in [3.05, 3.63) is 24.3 Å². The predicted octanol–water partition coefficient (Wildman–Crippen LogP) is 1.82. The van der Waals surface area contributed by atoms with E-state index in [2.05, 4.69) is 24.5 Å². The summed E-state index contributed by atoms with van der Waals surface area (Å²) in [6, 6.07) is 6.20. The number of nitrogens with zero attached hydrogens (tertiary/aromatic N) is 1. The number of amides is 2. The summed E-state index contributed by atoms with van der Waals surface area (Å²) in [7, 11) is -3.52. The second-order valence-corrected chi connectivity index (χ2v) is 9.01. The molecular weight excluding hydrogens is 354 g/mol. The Hall–Kier alpha value is -1.93. The van der Waals surface area contributed by atoms with Gasteiger partial charge in [-0.3, -0.25) is 9.59 Å². The summed E-state index contributed by atoms with van der Waals surface area (Å²) in [5, 5.41) is 5.24. The highest BCUT2D eigenvalue weighted by Crippen LogP contribution is 2.27. The van der Waals surface area contributed by atoms with Gasteiger partial charge in [-0.15, -0.1) is 0 Å². The summed E-state index contributed by atoms with van der Waals surface area (Å²) in [6.07, 6.45) is 1.19. The van der Waals surface area contributed by atoms with Gasteiger partial charge >= 0.3 is 0 Å². The average Bonchev–Trinajstić information content (AvgIpc) is 2.54. The molecule has 1 heterocycles. The van der Waals surface area contributed by atoms with Crippen molar-refractivity contribution in [2.75, 3.05) is 25.0 Å². The van der Waals surface area contributed by atoms with Gasteiger partial charge in [0, 0.05) is 38.7 Å². The van der Waals surface area contributed by atoms with Crippen LogP contribution in [-0.2, 0) is 19.6 Å². The third-order valence-electron chi connectivity index (χ3n) is 4.34. The molecule has 26 heavy (non-hydrogen) atoms. The lowest BCUT2D eigenvalue weighted by Crippen LogP contribution is -2.42. The molecule has 8 heteroatoms. The quantitative estimate of drug-likeness (QED) is 0.786. The maximum absolute atomic E-state index is 12.8. The zero-order valence-electron chi connectivity index (χ0n) is 15.5. The van der Waals surface area contributed by atoms with Crippen LogP contribution in [0.25, 0.3) is 0 Å². The first-order valence-corrected chi connectivity index (χ1v) is 10.3. The minimum Gasteiger partial charge on any atom is -0.356 e. The molecule has 0 saturated carbocycles. The van der Waals surface area contributed by atoms with Crippen molar-refractivity contribution in [3.8, 4) is 0 Å². The molecule has 1 saturated heterocycles. The van der Waals surface area contributed by atoms with E-state index >= 15 is 0 Å². The van der Waals surface area contributed by atoms with Gasteiger partial charge in [-0.2, -0.15) is 4.31 Å². The van der Waals surface area contributed by atoms with Gasteiger partial charge in [0.25, 0.3) is 0 Å². The number of carbonyl (C=O) groups is 2. The molecule has 0 spiro atoms. The Labute approximate surface area is 155 Å². The van der Waals surface area contributed by atoms with E-state index in [-0.39, 0.29) is 29.7 Å². The Morgan fingerprint density at radius 2 is 1.69 bits per heavy atom. The number of nitrogens with one attached hydrogen (secondary N) is 2. The summed E-state index contributed by atoms with van der Waals surface area (Å²) in [5.41, 5.74) is 0.525. The van der Waals surface area contributed by atoms with Crippen LogP contribution in [0.2, 0.25) is 0 Å². The van der Waals surface area contributed by atoms with E-state index in [1.165, 1.54) is 19.1 Å². The molecule has 0 aliphatic carbocycles. The minimum atomic E-state index is -3.52. The smallest absolute Gasteiger partial charge is 0.243 e. The van der Waals surface area contributed by atoms with Gasteiger partial charge in [-0.05, 0) is 42.5 Å². The topological polar surface area (TPSA) is 95.6 Å². The monoisotopic (exact) mass is 381 g/mol. The van der Waals surface area contributed by atoms with Gasteiger partial charge in [0.2, 0.25) is 21.8 Å². The number of anilines is 1. The van der Waals surface area contributed by atoms with Gasteiger partial charge < -0.3 is 10.6 Å². The molecule has 2 amide bonds. The lowest BCUT2D eigenvalue weighted by molar-refractivity contribution is -0.119. The molecular formula is C18H27N3O4S. The number of hydrogen-bond acceptors (Lipinski definition) is 4. The number of sulfonamides is 1. The van der Waals surface area contributed by atoms with Crippen molar-refractivity contribution in [3.63, 3.8) is 0 Å². The number of carbonyl (C=O) groups excluding carboxylic acids is 2. The van der Waals surface area contributed by atoms with Gasteiger partial charge in [0.15, 0.2) is 0 Å². The Morgan fingerprint density at radius 1 is 1.12 bits per heavy atom. The van der Waals surface area contributed by atoms with E-state index in [1.807, 2.05) is 0 Å². The maximum Gasteiger partial charge on any atom is 0.243 e. The van der Waals surface area contributed by atoms with Crippen LogP contribution in [0.15, 0.2) is 29.2 Å². The van der Waals surface area contributed by atoms with E-state index in [1.54, 1.807) is 16.4 Å². The van der Waals surface area contributed by atoms with Crippen LogP contribution >= 0.6 is 0 Å². The molecule has 0 radical (unpaired) electrons. The molecule has 1 fully saturated rings. The fraction of sp³-hybridized carbons (Fsp3) is 0.556. The van der Waals surface area contributed by atoms with Gasteiger partial charge in [-0.1, -0.05) is 13.8 Å². The third-order valence-corrected chi connectivity index (χ3v) is 6.18. The van der Waals surface area contributed by atoms with E-state index in [0.29, 0.717) is 30.6 Å². The summed E-state index contributed by atoms with van der Waals surface area (Å²) in [4.78, 5) is 22.8. The van der Waals surface area contributed by atoms with Crippen LogP contribution in [0.4, 0.5) is 5.69 Å². The van der Waals surface area contributed by atoms with E-state index < -0.39 is 10.0 Å². The highest BCUT2D eigenvalue weighted by Gasteiger charge is 2.31. The average molecular weight is 381 g/mol. The van der Waals surface area contributed by atoms with Crippen LogP contribution in [0, 0.1) is 11.8 Å². The first-order chi connectivity index (χ1) is 12.2. The molecule has 0 bridgehead atoms. The van der Waals surface area contributed by atoms with Crippen molar-refractivity contribution in [2.45, 2.75) is 38.5 Å². The standard InChI is InChI=1S/C18H27N3O4S/c1-13-10-14(2)12-21(11-13)26(24,25)17-6-4-16(5-7-17)20-18(23)8-9-19-15(3)22/h4-7,13-14H,8-12H2,1-3H3,(H,19,22)(H,20,23)/t13-,14-/m0/s1. The van der Waals surface area contributed by atoms with Crippen LogP contribution in [-0.4, -0.2) is 44.2 Å². The Balaban J connectivity index is 1.99. The Kier molecular flexibility index (Phi) is 6.77. The second kappa shape index (κ2) is 8.64. The van der Waals surface area contributed by atoms with Gasteiger partial charge in [0.1, 0.15) is 0 Å². The fourth-order valence-corrected chi connectivity index (χ4v) is 4.92. The minimum absolute atomic E-state index is 0.156. The van der Waals surface area contributed by atoms with Gasteiger partial charge in [-0.25, -0.2) is 8.42 Å². The largest absolute Gasteiger partial charge is 0.356 e. The normalized spacial score (nSPS) is 21.2. The van der Waals surface area contributed by atoms with Crippen LogP contribution in [0.5, 0.6) is 0 Å². The van der Waals surface area contributed by atoms with Crippen molar-refractivity contribution in [2.24, 2.45) is 11.8 Å². The number of hydrogen-bond donors (Lipinski definition) is 2. The van der Waals surface area contributed by atoms with E-state index in [4.69, 9.17) is 0 Å². The first kappa shape index (κ1) is 20.4. The second-order valence-electron chi connectivity index (χ2n) is 7.07. The molecule has 2 N–H and O–H groups in total. The molecule has 1 aromatic carbocycles. The first-order valence-electron chi connectivity index (χ1n) is 8.83. The highest BCUT2D eigenvalue weighted by molar-refractivity contribution is 7.89. The number of rotatable bonds is 6. The molecule has 1 aliphatic heterocycles. The molecule has 0 unspecified atom stereocenters. The summed E-state index contributed by atoms with van der Waals surface area (Å²) >= 11 is 0. The van der Waals surface area contributed by atoms with Crippen LogP contribution in [0.1, 0.15) is 33.6 Å². The van der Waals surface area contributed by atoms with Gasteiger partial charge in [0.05, 0.1) is 4.90 Å². The number of piperidine rings is 1. The maximum atomic E-state index is 12.8. The molecule has 2 atom stereocenters. The van der Waals surface area contributed by atoms with Crippen molar-refractivity contribution >= 4 is 27.5 Å². The van der Waals surface area contributed by atoms with Crippen LogP contribution in [0.3, 0.4) is 0 Å². The fourth-order valence-electron chi connectivity index (χ4n) is 3.24. The predicted molar refractivity (Wildman–Crippen MR) is 100 cm³/mol. The molecule has 1 aliphatic rings. The molecule has 0 aromatic heterocycles. The third kappa shape index (κ3) is 5.54. The molecule has 7 nitrogen and oxygen atoms in total. The van der Waals surface area contributed by atoms with Crippen LogP contribution < -0.4 is 10.6 Å². The molecule has 2 rings (SSSR count). The lowest BCUT2D eigenvalue weighted by Gasteiger charge is -2.34. The summed E-state index contributed by atoms with van der Waals surface area (Å²) in [6.45, 7) is 6.86. The highest BCUT2D eigenvalue weighted by atomic mass is 32.2. The zero-order chi connectivity index (χ0) is 19.3.